The second kappa shape index (κ2) is 8.34. The fraction of sp³-hybridized carbons (Fsp3) is 0.550. The number of rotatable bonds is 6. The van der Waals surface area contributed by atoms with E-state index in [1.165, 1.54) is 0 Å². The van der Waals surface area contributed by atoms with Gasteiger partial charge in [0.1, 0.15) is 17.7 Å². The molecule has 6 heteroatoms. The molecule has 0 bridgehead atoms. The molecule has 6 nitrogen and oxygen atoms in total. The number of ether oxygens (including phenoxy) is 1. The van der Waals surface area contributed by atoms with Gasteiger partial charge in [0.2, 0.25) is 11.8 Å². The Kier molecular flexibility index (Phi) is 6.40. The van der Waals surface area contributed by atoms with Crippen LogP contribution in [0.4, 0.5) is 0 Å². The van der Waals surface area contributed by atoms with Gasteiger partial charge in [-0.05, 0) is 32.8 Å². The predicted molar refractivity (Wildman–Crippen MR) is 98.3 cm³/mol. The van der Waals surface area contributed by atoms with E-state index in [2.05, 4.69) is 5.32 Å². The van der Waals surface area contributed by atoms with E-state index in [9.17, 15) is 14.4 Å². The fourth-order valence-corrected chi connectivity index (χ4v) is 3.06. The third-order valence-corrected chi connectivity index (χ3v) is 4.10. The molecule has 0 spiro atoms. The summed E-state index contributed by atoms with van der Waals surface area (Å²) in [5.74, 6) is -0.942. The molecule has 0 saturated carbocycles. The van der Waals surface area contributed by atoms with Gasteiger partial charge in [-0.15, -0.1) is 0 Å². The largest absolute Gasteiger partial charge is 0.460 e. The first-order valence-corrected chi connectivity index (χ1v) is 9.08. The summed E-state index contributed by atoms with van der Waals surface area (Å²) < 4.78 is 5.28. The number of hydrogen-bond acceptors (Lipinski definition) is 4. The normalized spacial score (nSPS) is 20.7. The Bertz CT molecular complexity index is 652. The van der Waals surface area contributed by atoms with Crippen LogP contribution in [0.15, 0.2) is 30.3 Å². The number of esters is 1. The van der Waals surface area contributed by atoms with Crippen LogP contribution < -0.4 is 5.32 Å². The number of nitrogens with zero attached hydrogens (tertiary/aromatic N) is 1. The maximum absolute atomic E-state index is 12.9. The molecular weight excluding hydrogens is 332 g/mol. The van der Waals surface area contributed by atoms with Crippen LogP contribution in [0.25, 0.3) is 0 Å². The van der Waals surface area contributed by atoms with Crippen LogP contribution in [-0.4, -0.2) is 46.9 Å². The van der Waals surface area contributed by atoms with E-state index in [1.54, 1.807) is 25.7 Å². The quantitative estimate of drug-likeness (QED) is 0.788. The molecule has 26 heavy (non-hydrogen) atoms. The molecule has 2 amide bonds. The minimum absolute atomic E-state index is 0.153. The Hall–Kier alpha value is -2.37. The summed E-state index contributed by atoms with van der Waals surface area (Å²) in [6, 6.07) is 8.19. The molecule has 0 unspecified atom stereocenters. The van der Waals surface area contributed by atoms with E-state index >= 15 is 0 Å². The van der Waals surface area contributed by atoms with Gasteiger partial charge >= 0.3 is 5.97 Å². The van der Waals surface area contributed by atoms with Crippen molar-refractivity contribution in [3.8, 4) is 0 Å². The van der Waals surface area contributed by atoms with Crippen LogP contribution in [0.3, 0.4) is 0 Å². The van der Waals surface area contributed by atoms with Crippen LogP contribution in [0, 0.1) is 0 Å². The van der Waals surface area contributed by atoms with Crippen LogP contribution in [0.5, 0.6) is 0 Å². The zero-order valence-corrected chi connectivity index (χ0v) is 16.0. The van der Waals surface area contributed by atoms with Gasteiger partial charge in [-0.2, -0.15) is 0 Å². The van der Waals surface area contributed by atoms with Crippen molar-refractivity contribution >= 4 is 17.8 Å². The maximum Gasteiger partial charge on any atom is 0.308 e. The molecule has 0 aromatic heterocycles. The van der Waals surface area contributed by atoms with Gasteiger partial charge in [-0.25, -0.2) is 0 Å². The summed E-state index contributed by atoms with van der Waals surface area (Å²) in [4.78, 5) is 39.2. The highest BCUT2D eigenvalue weighted by molar-refractivity contribution is 5.98. The molecule has 1 aromatic carbocycles. The van der Waals surface area contributed by atoms with Crippen LogP contribution in [0.1, 0.15) is 46.1 Å². The Morgan fingerprint density at radius 2 is 1.85 bits per heavy atom. The monoisotopic (exact) mass is 360 g/mol. The highest BCUT2D eigenvalue weighted by atomic mass is 16.6. The first-order valence-electron chi connectivity index (χ1n) is 9.08. The second-order valence-electron chi connectivity index (χ2n) is 7.59. The molecule has 0 radical (unpaired) electrons. The van der Waals surface area contributed by atoms with Gasteiger partial charge in [0.25, 0.3) is 0 Å². The summed E-state index contributed by atoms with van der Waals surface area (Å²) >= 11 is 0. The molecule has 1 aliphatic heterocycles. The number of piperazine rings is 1. The Morgan fingerprint density at radius 3 is 2.42 bits per heavy atom. The van der Waals surface area contributed by atoms with E-state index in [0.29, 0.717) is 13.0 Å². The zero-order valence-electron chi connectivity index (χ0n) is 16.0. The van der Waals surface area contributed by atoms with Crippen LogP contribution in [-0.2, 0) is 25.5 Å². The molecule has 1 saturated heterocycles. The zero-order chi connectivity index (χ0) is 19.3. The number of carbonyl (C=O) groups is 3. The lowest BCUT2D eigenvalue weighted by atomic mass is 9.98. The van der Waals surface area contributed by atoms with Crippen molar-refractivity contribution in [1.29, 1.82) is 0 Å². The molecule has 2 atom stereocenters. The SMILES string of the molecule is CCCN1C(=O)[C@H](CC(=O)OC(C)(C)C)NC(=O)[C@@H]1Cc1ccccc1. The highest BCUT2D eigenvalue weighted by Gasteiger charge is 2.41. The minimum Gasteiger partial charge on any atom is -0.460 e. The Morgan fingerprint density at radius 1 is 1.19 bits per heavy atom. The molecule has 2 rings (SSSR count). The van der Waals surface area contributed by atoms with Crippen LogP contribution in [0.2, 0.25) is 0 Å². The lowest BCUT2D eigenvalue weighted by Crippen LogP contribution is -2.64. The minimum atomic E-state index is -0.865. The van der Waals surface area contributed by atoms with E-state index < -0.39 is 23.7 Å². The number of carbonyl (C=O) groups excluding carboxylic acids is 3. The summed E-state index contributed by atoms with van der Waals surface area (Å²) in [6.45, 7) is 7.75. The van der Waals surface area contributed by atoms with Crippen molar-refractivity contribution in [2.75, 3.05) is 6.54 Å². The van der Waals surface area contributed by atoms with Gasteiger partial charge in [0.05, 0.1) is 6.42 Å². The van der Waals surface area contributed by atoms with Gasteiger partial charge in [0.15, 0.2) is 0 Å². The van der Waals surface area contributed by atoms with E-state index in [-0.39, 0.29) is 18.2 Å². The summed E-state index contributed by atoms with van der Waals surface area (Å²) in [6.07, 6.45) is 1.04. The second-order valence-corrected chi connectivity index (χ2v) is 7.59. The Balaban J connectivity index is 2.12. The molecule has 1 N–H and O–H groups in total. The average Bonchev–Trinajstić information content (AvgIpc) is 2.54. The summed E-state index contributed by atoms with van der Waals surface area (Å²) in [5.41, 5.74) is 0.366. The van der Waals surface area contributed by atoms with Gasteiger partial charge < -0.3 is 15.0 Å². The third kappa shape index (κ3) is 5.31. The lowest BCUT2D eigenvalue weighted by Gasteiger charge is -2.39. The molecule has 1 aromatic rings. The third-order valence-electron chi connectivity index (χ3n) is 4.10. The topological polar surface area (TPSA) is 75.7 Å². The van der Waals surface area contributed by atoms with Crippen molar-refractivity contribution in [2.24, 2.45) is 0 Å². The van der Waals surface area contributed by atoms with Crippen molar-refractivity contribution < 1.29 is 19.1 Å². The average molecular weight is 360 g/mol. The molecule has 1 fully saturated rings. The van der Waals surface area contributed by atoms with Crippen LogP contribution >= 0.6 is 0 Å². The van der Waals surface area contributed by atoms with Crippen molar-refractivity contribution in [1.82, 2.24) is 10.2 Å². The molecule has 1 heterocycles. The van der Waals surface area contributed by atoms with Crippen molar-refractivity contribution in [2.45, 2.75) is 64.6 Å². The molecule has 1 aliphatic rings. The first-order chi connectivity index (χ1) is 12.2. The Labute approximate surface area is 154 Å². The van der Waals surface area contributed by atoms with E-state index in [1.807, 2.05) is 37.3 Å². The van der Waals surface area contributed by atoms with Gasteiger partial charge in [-0.1, -0.05) is 37.3 Å². The number of nitrogens with one attached hydrogen (secondary N) is 1. The fourth-order valence-electron chi connectivity index (χ4n) is 3.06. The maximum atomic E-state index is 12.9. The molecular formula is C20H28N2O4. The van der Waals surface area contributed by atoms with Gasteiger partial charge in [-0.3, -0.25) is 14.4 Å². The number of amides is 2. The first kappa shape index (κ1) is 19.9. The van der Waals surface area contributed by atoms with Gasteiger partial charge in [0, 0.05) is 13.0 Å². The molecule has 0 aliphatic carbocycles. The molecule has 142 valence electrons. The predicted octanol–water partition coefficient (Wildman–Crippen LogP) is 2.07. The summed E-state index contributed by atoms with van der Waals surface area (Å²) in [5, 5.41) is 2.71. The highest BCUT2D eigenvalue weighted by Crippen LogP contribution is 2.18. The number of hydrogen-bond donors (Lipinski definition) is 1. The smallest absolute Gasteiger partial charge is 0.308 e. The van der Waals surface area contributed by atoms with Crippen molar-refractivity contribution in [3.05, 3.63) is 35.9 Å². The summed E-state index contributed by atoms with van der Waals surface area (Å²) in [7, 11) is 0. The number of benzene rings is 1. The van der Waals surface area contributed by atoms with Crippen molar-refractivity contribution in [3.63, 3.8) is 0 Å². The standard InChI is InChI=1S/C20H28N2O4/c1-5-11-22-16(12-14-9-7-6-8-10-14)18(24)21-15(19(22)25)13-17(23)26-20(2,3)4/h6-10,15-16H,5,11-13H2,1-4H3,(H,21,24)/t15-,16-/m0/s1. The lowest BCUT2D eigenvalue weighted by molar-refractivity contribution is -0.160. The van der Waals surface area contributed by atoms with E-state index in [4.69, 9.17) is 4.74 Å². The van der Waals surface area contributed by atoms with E-state index in [0.717, 1.165) is 12.0 Å².